The second-order valence-corrected chi connectivity index (χ2v) is 2.83. The fraction of sp³-hybridized carbons (Fsp3) is 0. The molecule has 0 radical (unpaired) electrons. The van der Waals surface area contributed by atoms with E-state index in [4.69, 9.17) is 16.9 Å². The average Bonchev–Trinajstić information content (AvgIpc) is 2.02. The summed E-state index contributed by atoms with van der Waals surface area (Å²) in [5.41, 5.74) is -0.741. The summed E-state index contributed by atoms with van der Waals surface area (Å²) in [5, 5.41) is 8.23. The van der Waals surface area contributed by atoms with Gasteiger partial charge in [0.25, 0.3) is 0 Å². The molecule has 0 aromatic heterocycles. The molecule has 0 saturated carbocycles. The first-order valence-corrected chi connectivity index (χ1v) is 3.72. The van der Waals surface area contributed by atoms with Crippen molar-refractivity contribution < 1.29 is 64.3 Å². The zero-order valence-electron chi connectivity index (χ0n) is 7.27. The third kappa shape index (κ3) is 3.57. The largest absolute Gasteiger partial charge is 1.00 e. The van der Waals surface area contributed by atoms with Gasteiger partial charge in [-0.3, -0.25) is 0 Å². The molecule has 0 bridgehead atoms. The summed E-state index contributed by atoms with van der Waals surface area (Å²) < 4.78 is 36.4. The van der Waals surface area contributed by atoms with Gasteiger partial charge in [0, 0.05) is 0 Å². The number of hydrogen-bond acceptors (Lipinski definition) is 1. The molecule has 1 rings (SSSR count). The smallest absolute Gasteiger partial charge is 0.445 e. The van der Waals surface area contributed by atoms with E-state index in [9.17, 15) is 12.9 Å². The number of nitrogens with zero attached hydrogens (tertiary/aromatic N) is 1. The first-order valence-electron chi connectivity index (χ1n) is 3.34. The van der Waals surface area contributed by atoms with Gasteiger partial charge in [0.1, 0.15) is 6.07 Å². The number of rotatable bonds is 1. The first-order chi connectivity index (χ1) is 5.95. The van der Waals surface area contributed by atoms with Crippen LogP contribution in [0.3, 0.4) is 0 Å². The third-order valence-corrected chi connectivity index (χ3v) is 1.80. The molecule has 0 fully saturated rings. The average molecular weight is 243 g/mol. The predicted molar refractivity (Wildman–Crippen MR) is 44.9 cm³/mol. The molecule has 0 spiro atoms. The summed E-state index contributed by atoms with van der Waals surface area (Å²) >= 11 is 5.42. The fourth-order valence-electron chi connectivity index (χ4n) is 0.826. The maximum Gasteiger partial charge on any atom is 1.00 e. The molecular weight excluding hydrogens is 240 g/mol. The minimum absolute atomic E-state index is 0. The van der Waals surface area contributed by atoms with E-state index in [2.05, 4.69) is 0 Å². The van der Waals surface area contributed by atoms with Gasteiger partial charge in [-0.25, -0.2) is 0 Å². The van der Waals surface area contributed by atoms with E-state index >= 15 is 0 Å². The van der Waals surface area contributed by atoms with Gasteiger partial charge in [0.2, 0.25) is 0 Å². The van der Waals surface area contributed by atoms with E-state index < -0.39 is 12.4 Å². The maximum absolute atomic E-state index is 12.1. The van der Waals surface area contributed by atoms with Crippen LogP contribution in [0.5, 0.6) is 0 Å². The van der Waals surface area contributed by atoms with Crippen molar-refractivity contribution in [3.63, 3.8) is 0 Å². The molecule has 0 saturated heterocycles. The Bertz CT molecular complexity index is 374. The van der Waals surface area contributed by atoms with Gasteiger partial charge in [-0.2, -0.15) is 5.26 Å². The molecule has 14 heavy (non-hydrogen) atoms. The van der Waals surface area contributed by atoms with Crippen LogP contribution in [0.1, 0.15) is 5.56 Å². The van der Waals surface area contributed by atoms with E-state index in [1.807, 2.05) is 0 Å². The monoisotopic (exact) mass is 243 g/mol. The van der Waals surface area contributed by atoms with E-state index in [0.717, 1.165) is 18.2 Å². The molecule has 1 nitrogen and oxygen atoms in total. The zero-order chi connectivity index (χ0) is 10.1. The zero-order valence-corrected chi connectivity index (χ0v) is 11.1. The standard InChI is InChI=1S/C7H3BClF3N.K/c9-7-3-6(8(10,11)12)2-1-5(7)4-13;/h1-3H;/q-1;+1. The van der Waals surface area contributed by atoms with Crippen molar-refractivity contribution in [2.45, 2.75) is 0 Å². The molecule has 0 aliphatic rings. The molecule has 0 heterocycles. The minimum atomic E-state index is -5.04. The van der Waals surface area contributed by atoms with Gasteiger partial charge in [-0.1, -0.05) is 23.7 Å². The van der Waals surface area contributed by atoms with Crippen molar-refractivity contribution in [3.8, 4) is 6.07 Å². The number of nitriles is 1. The van der Waals surface area contributed by atoms with Crippen molar-refractivity contribution in [2.24, 2.45) is 0 Å². The van der Waals surface area contributed by atoms with E-state index in [1.165, 1.54) is 0 Å². The molecular formula is C7H3BClF3KN. The van der Waals surface area contributed by atoms with Gasteiger partial charge < -0.3 is 12.9 Å². The van der Waals surface area contributed by atoms with Crippen molar-refractivity contribution >= 4 is 24.0 Å². The van der Waals surface area contributed by atoms with Crippen LogP contribution in [-0.2, 0) is 0 Å². The summed E-state index contributed by atoms with van der Waals surface area (Å²) in [4.78, 5) is 0. The Morgan fingerprint density at radius 2 is 1.86 bits per heavy atom. The molecule has 0 atom stereocenters. The molecule has 0 aliphatic carbocycles. The second kappa shape index (κ2) is 5.54. The Balaban J connectivity index is 0.00000169. The minimum Gasteiger partial charge on any atom is -0.445 e. The predicted octanol–water partition coefficient (Wildman–Crippen LogP) is -0.730. The van der Waals surface area contributed by atoms with Gasteiger partial charge in [0.15, 0.2) is 0 Å². The third-order valence-electron chi connectivity index (χ3n) is 1.49. The molecule has 1 aromatic carbocycles. The van der Waals surface area contributed by atoms with Gasteiger partial charge >= 0.3 is 58.4 Å². The SMILES string of the molecule is N#Cc1ccc([B-](F)(F)F)cc1Cl.[K+]. The van der Waals surface area contributed by atoms with Crippen LogP contribution in [0.4, 0.5) is 12.9 Å². The molecule has 0 N–H and O–H groups in total. The Hall–Kier alpha value is 0.491. The fourth-order valence-corrected chi connectivity index (χ4v) is 1.06. The van der Waals surface area contributed by atoms with Crippen LogP contribution in [0.25, 0.3) is 0 Å². The normalized spacial score (nSPS) is 10.2. The van der Waals surface area contributed by atoms with E-state index in [0.29, 0.717) is 0 Å². The Kier molecular flexibility index (Phi) is 5.74. The summed E-state index contributed by atoms with van der Waals surface area (Å²) in [7, 11) is 0. The molecule has 0 aliphatic heterocycles. The van der Waals surface area contributed by atoms with Crippen LogP contribution < -0.4 is 56.8 Å². The van der Waals surface area contributed by atoms with Crippen molar-refractivity contribution in [1.29, 1.82) is 5.26 Å². The summed E-state index contributed by atoms with van der Waals surface area (Å²) in [6, 6.07) is 4.36. The molecule has 68 valence electrons. The maximum atomic E-state index is 12.1. The Morgan fingerprint density at radius 3 is 2.21 bits per heavy atom. The van der Waals surface area contributed by atoms with Crippen LogP contribution in [0.15, 0.2) is 18.2 Å². The van der Waals surface area contributed by atoms with Crippen molar-refractivity contribution in [2.75, 3.05) is 0 Å². The van der Waals surface area contributed by atoms with Crippen LogP contribution >= 0.6 is 11.6 Å². The number of benzene rings is 1. The Labute approximate surface area is 127 Å². The number of hydrogen-bond donors (Lipinski definition) is 0. The quantitative estimate of drug-likeness (QED) is 0.597. The second-order valence-electron chi connectivity index (χ2n) is 2.43. The number of halogens is 4. The first kappa shape index (κ1) is 14.5. The summed E-state index contributed by atoms with van der Waals surface area (Å²) in [6.07, 6.45) is 0. The molecule has 0 amide bonds. The van der Waals surface area contributed by atoms with Crippen LogP contribution in [0.2, 0.25) is 5.02 Å². The van der Waals surface area contributed by atoms with E-state index in [1.54, 1.807) is 6.07 Å². The van der Waals surface area contributed by atoms with Gasteiger partial charge in [0.05, 0.1) is 10.6 Å². The van der Waals surface area contributed by atoms with Crippen molar-refractivity contribution in [3.05, 3.63) is 28.8 Å². The molecule has 1 aromatic rings. The van der Waals surface area contributed by atoms with Crippen LogP contribution in [0, 0.1) is 11.3 Å². The molecule has 0 unspecified atom stereocenters. The van der Waals surface area contributed by atoms with Gasteiger partial charge in [-0.05, 0) is 6.07 Å². The summed E-state index contributed by atoms with van der Waals surface area (Å²) in [5.74, 6) is 0. The van der Waals surface area contributed by atoms with Gasteiger partial charge in [-0.15, -0.1) is 5.46 Å². The topological polar surface area (TPSA) is 23.8 Å². The molecule has 7 heteroatoms. The summed E-state index contributed by atoms with van der Waals surface area (Å²) in [6.45, 7) is -5.04. The van der Waals surface area contributed by atoms with E-state index in [-0.39, 0.29) is 62.0 Å². The van der Waals surface area contributed by atoms with Crippen molar-refractivity contribution in [1.82, 2.24) is 0 Å². The Morgan fingerprint density at radius 1 is 1.29 bits per heavy atom. The van der Waals surface area contributed by atoms with Crippen LogP contribution in [-0.4, -0.2) is 6.98 Å².